The molecule has 26 heavy (non-hydrogen) atoms. The molecule has 1 aliphatic carbocycles. The maximum atomic E-state index is 12.8. The summed E-state index contributed by atoms with van der Waals surface area (Å²) in [6.45, 7) is 0.300. The molecule has 0 aromatic carbocycles. The summed E-state index contributed by atoms with van der Waals surface area (Å²) in [5, 5.41) is 11.7. The number of nitrogens with zero attached hydrogens (tertiary/aromatic N) is 2. The molecule has 0 aromatic rings. The molecule has 1 saturated carbocycles. The van der Waals surface area contributed by atoms with Gasteiger partial charge in [-0.15, -0.1) is 0 Å². The molecule has 4 amide bonds. The molecule has 144 valence electrons. The van der Waals surface area contributed by atoms with Crippen molar-refractivity contribution in [3.05, 3.63) is 0 Å². The van der Waals surface area contributed by atoms with Gasteiger partial charge in [-0.2, -0.15) is 0 Å². The number of hydrogen-bond donors (Lipinski definition) is 2. The van der Waals surface area contributed by atoms with Gasteiger partial charge in [0.05, 0.1) is 0 Å². The van der Waals surface area contributed by atoms with Crippen LogP contribution in [0.15, 0.2) is 0 Å². The van der Waals surface area contributed by atoms with Gasteiger partial charge in [-0.25, -0.2) is 4.79 Å². The minimum atomic E-state index is -0.878. The Labute approximate surface area is 152 Å². The Bertz CT molecular complexity index is 600. The van der Waals surface area contributed by atoms with Crippen LogP contribution in [0.4, 0.5) is 4.79 Å². The number of carbonyl (C=O) groups is 4. The van der Waals surface area contributed by atoms with Gasteiger partial charge in [0.15, 0.2) is 0 Å². The van der Waals surface area contributed by atoms with Crippen LogP contribution in [-0.4, -0.2) is 63.4 Å². The highest BCUT2D eigenvalue weighted by atomic mass is 16.4. The molecular weight excluding hydrogens is 338 g/mol. The maximum absolute atomic E-state index is 12.8. The third kappa shape index (κ3) is 3.68. The van der Waals surface area contributed by atoms with E-state index in [0.29, 0.717) is 25.8 Å². The third-order valence-electron chi connectivity index (χ3n) is 5.89. The zero-order valence-electron chi connectivity index (χ0n) is 15.0. The first kappa shape index (κ1) is 18.7. The number of imide groups is 1. The average molecular weight is 365 g/mol. The van der Waals surface area contributed by atoms with Crippen LogP contribution in [-0.2, 0) is 14.4 Å². The molecule has 1 unspecified atom stereocenters. The molecular formula is C18H27N3O5. The first-order valence-electron chi connectivity index (χ1n) is 9.58. The van der Waals surface area contributed by atoms with E-state index >= 15 is 0 Å². The molecule has 0 aromatic heterocycles. The molecule has 8 heteroatoms. The Kier molecular flexibility index (Phi) is 5.48. The molecule has 2 saturated heterocycles. The SMILES string of the molecule is O=C(O)CCC1CCCCN1C(=O)CN1C(=O)NC2(CCCCC2)C1=O. The topological polar surface area (TPSA) is 107 Å². The highest BCUT2D eigenvalue weighted by Gasteiger charge is 2.52. The summed E-state index contributed by atoms with van der Waals surface area (Å²) < 4.78 is 0. The monoisotopic (exact) mass is 365 g/mol. The van der Waals surface area contributed by atoms with Gasteiger partial charge >= 0.3 is 12.0 Å². The van der Waals surface area contributed by atoms with Crippen LogP contribution < -0.4 is 5.32 Å². The van der Waals surface area contributed by atoms with E-state index in [1.54, 1.807) is 4.90 Å². The number of hydrogen-bond acceptors (Lipinski definition) is 4. The molecule has 2 N–H and O–H groups in total. The largest absolute Gasteiger partial charge is 0.481 e. The molecule has 3 fully saturated rings. The minimum Gasteiger partial charge on any atom is -0.481 e. The van der Waals surface area contributed by atoms with Gasteiger partial charge in [-0.1, -0.05) is 19.3 Å². The molecule has 1 atom stereocenters. The first-order valence-corrected chi connectivity index (χ1v) is 9.58. The van der Waals surface area contributed by atoms with Crippen molar-refractivity contribution in [1.29, 1.82) is 0 Å². The fraction of sp³-hybridized carbons (Fsp3) is 0.778. The number of piperidine rings is 1. The summed E-state index contributed by atoms with van der Waals surface area (Å²) in [6, 6.07) is -0.610. The Morgan fingerprint density at radius 1 is 1.12 bits per heavy atom. The highest BCUT2D eigenvalue weighted by molar-refractivity contribution is 6.09. The van der Waals surface area contributed by atoms with E-state index < -0.39 is 17.5 Å². The summed E-state index contributed by atoms with van der Waals surface area (Å²) in [5.74, 6) is -1.43. The molecule has 8 nitrogen and oxygen atoms in total. The van der Waals surface area contributed by atoms with E-state index in [1.807, 2.05) is 0 Å². The molecule has 0 bridgehead atoms. The van der Waals surface area contributed by atoms with Crippen molar-refractivity contribution in [1.82, 2.24) is 15.1 Å². The van der Waals surface area contributed by atoms with Gasteiger partial charge in [0, 0.05) is 19.0 Å². The second-order valence-corrected chi connectivity index (χ2v) is 7.63. The van der Waals surface area contributed by atoms with Gasteiger partial charge in [0.1, 0.15) is 12.1 Å². The normalized spacial score (nSPS) is 25.5. The predicted octanol–water partition coefficient (Wildman–Crippen LogP) is 1.49. The fourth-order valence-electron chi connectivity index (χ4n) is 4.46. The maximum Gasteiger partial charge on any atom is 0.325 e. The first-order chi connectivity index (χ1) is 12.4. The summed E-state index contributed by atoms with van der Waals surface area (Å²) in [6.07, 6.45) is 7.13. The van der Waals surface area contributed by atoms with E-state index in [1.165, 1.54) is 0 Å². The number of likely N-dealkylation sites (tertiary alicyclic amines) is 1. The Balaban J connectivity index is 1.65. The molecule has 2 aliphatic heterocycles. The van der Waals surface area contributed by atoms with E-state index in [0.717, 1.165) is 43.4 Å². The van der Waals surface area contributed by atoms with Gasteiger partial charge in [-0.05, 0) is 38.5 Å². The van der Waals surface area contributed by atoms with Crippen LogP contribution >= 0.6 is 0 Å². The van der Waals surface area contributed by atoms with Crippen LogP contribution in [0.5, 0.6) is 0 Å². The second-order valence-electron chi connectivity index (χ2n) is 7.63. The summed E-state index contributed by atoms with van der Waals surface area (Å²) in [7, 11) is 0. The quantitative estimate of drug-likeness (QED) is 0.718. The predicted molar refractivity (Wildman–Crippen MR) is 92.3 cm³/mol. The smallest absolute Gasteiger partial charge is 0.325 e. The Morgan fingerprint density at radius 3 is 2.54 bits per heavy atom. The van der Waals surface area contributed by atoms with E-state index in [2.05, 4.69) is 5.32 Å². The van der Waals surface area contributed by atoms with Crippen LogP contribution in [0, 0.1) is 0 Å². The number of rotatable bonds is 5. The van der Waals surface area contributed by atoms with Gasteiger partial charge in [0.25, 0.3) is 5.91 Å². The van der Waals surface area contributed by atoms with Crippen molar-refractivity contribution >= 4 is 23.8 Å². The molecule has 3 aliphatic rings. The zero-order valence-corrected chi connectivity index (χ0v) is 15.0. The summed E-state index contributed by atoms with van der Waals surface area (Å²) >= 11 is 0. The van der Waals surface area contributed by atoms with Gasteiger partial charge < -0.3 is 15.3 Å². The number of carboxylic acid groups (broad SMARTS) is 1. The molecule has 1 spiro atoms. The van der Waals surface area contributed by atoms with E-state index in [-0.39, 0.29) is 30.8 Å². The van der Waals surface area contributed by atoms with Gasteiger partial charge in [0.2, 0.25) is 5.91 Å². The van der Waals surface area contributed by atoms with E-state index in [4.69, 9.17) is 5.11 Å². The molecule has 2 heterocycles. The van der Waals surface area contributed by atoms with Crippen molar-refractivity contribution in [3.63, 3.8) is 0 Å². The van der Waals surface area contributed by atoms with Crippen molar-refractivity contribution in [3.8, 4) is 0 Å². The highest BCUT2D eigenvalue weighted by Crippen LogP contribution is 2.33. The number of nitrogens with one attached hydrogen (secondary N) is 1. The van der Waals surface area contributed by atoms with E-state index in [9.17, 15) is 19.2 Å². The fourth-order valence-corrected chi connectivity index (χ4v) is 4.46. The Hall–Kier alpha value is -2.12. The van der Waals surface area contributed by atoms with Crippen LogP contribution in [0.2, 0.25) is 0 Å². The second kappa shape index (κ2) is 7.63. The molecule has 0 radical (unpaired) electrons. The number of carbonyl (C=O) groups excluding carboxylic acids is 3. The van der Waals surface area contributed by atoms with Crippen molar-refractivity contribution in [2.24, 2.45) is 0 Å². The number of urea groups is 1. The number of aliphatic carboxylic acids is 1. The number of carboxylic acids is 1. The van der Waals surface area contributed by atoms with Gasteiger partial charge in [-0.3, -0.25) is 19.3 Å². The third-order valence-corrected chi connectivity index (χ3v) is 5.89. The lowest BCUT2D eigenvalue weighted by atomic mass is 9.82. The summed E-state index contributed by atoms with van der Waals surface area (Å²) in [5.41, 5.74) is -0.819. The van der Waals surface area contributed by atoms with Crippen LogP contribution in [0.1, 0.15) is 64.2 Å². The average Bonchev–Trinajstić information content (AvgIpc) is 2.85. The van der Waals surface area contributed by atoms with Crippen molar-refractivity contribution < 1.29 is 24.3 Å². The lowest BCUT2D eigenvalue weighted by molar-refractivity contribution is -0.142. The zero-order chi connectivity index (χ0) is 18.7. The lowest BCUT2D eigenvalue weighted by Gasteiger charge is -2.36. The summed E-state index contributed by atoms with van der Waals surface area (Å²) in [4.78, 5) is 51.5. The Morgan fingerprint density at radius 2 is 1.85 bits per heavy atom. The van der Waals surface area contributed by atoms with Crippen LogP contribution in [0.25, 0.3) is 0 Å². The number of amides is 4. The standard InChI is InChI=1S/C18H27N3O5/c22-14(20-11-5-2-6-13(20)7-8-15(23)24)12-21-16(25)18(19-17(21)26)9-3-1-4-10-18/h13H,1-12H2,(H,19,26)(H,23,24). The van der Waals surface area contributed by atoms with Crippen molar-refractivity contribution in [2.75, 3.05) is 13.1 Å². The molecule has 3 rings (SSSR count). The van der Waals surface area contributed by atoms with Crippen molar-refractivity contribution in [2.45, 2.75) is 75.8 Å². The minimum absolute atomic E-state index is 0.0146. The van der Waals surface area contributed by atoms with Crippen LogP contribution in [0.3, 0.4) is 0 Å². The lowest BCUT2D eigenvalue weighted by Crippen LogP contribution is -2.51.